The number of halogens is 6. The van der Waals surface area contributed by atoms with E-state index in [1.165, 1.54) is 25.3 Å². The van der Waals surface area contributed by atoms with E-state index < -0.39 is 36.6 Å². The van der Waals surface area contributed by atoms with Crippen LogP contribution in [0.15, 0.2) is 30.3 Å². The minimum atomic E-state index is -4.92. The molecule has 2 amide bonds. The molecule has 0 atom stereocenters. The highest BCUT2D eigenvalue weighted by molar-refractivity contribution is 7.14. The first-order valence-corrected chi connectivity index (χ1v) is 11.0. The summed E-state index contributed by atoms with van der Waals surface area (Å²) in [6, 6.07) is 7.02. The Bertz CT molecular complexity index is 1060. The number of carbonyl (C=O) groups is 2. The molecule has 2 aromatic rings. The fraction of sp³-hybridized carbons (Fsp3) is 0.429. The zero-order valence-electron chi connectivity index (χ0n) is 18.3. The first-order valence-electron chi connectivity index (χ1n) is 10.2. The summed E-state index contributed by atoms with van der Waals surface area (Å²) in [5.74, 6) is -1.50. The van der Waals surface area contributed by atoms with Crippen LogP contribution < -0.4 is 14.8 Å². The van der Waals surface area contributed by atoms with Gasteiger partial charge >= 0.3 is 12.5 Å². The van der Waals surface area contributed by atoms with Crippen LogP contribution in [0.5, 0.6) is 11.5 Å². The summed E-state index contributed by atoms with van der Waals surface area (Å²) in [7, 11) is 1.29. The van der Waals surface area contributed by atoms with Crippen LogP contribution in [-0.4, -0.2) is 67.4 Å². The maximum atomic E-state index is 12.7. The van der Waals surface area contributed by atoms with Gasteiger partial charge in [0.2, 0.25) is 5.91 Å². The van der Waals surface area contributed by atoms with E-state index in [0.29, 0.717) is 4.88 Å². The molecule has 1 N–H and O–H groups in total. The van der Waals surface area contributed by atoms with Crippen molar-refractivity contribution in [2.45, 2.75) is 25.6 Å². The Morgan fingerprint density at radius 2 is 1.86 bits per heavy atom. The number of hydrogen-bond acceptors (Lipinski definition) is 6. The number of methoxy groups -OCH3 is 1. The highest BCUT2D eigenvalue weighted by Gasteiger charge is 2.35. The lowest BCUT2D eigenvalue weighted by Gasteiger charge is -2.34. The van der Waals surface area contributed by atoms with Gasteiger partial charge in [-0.15, -0.1) is 24.5 Å². The minimum absolute atomic E-state index is 0.0543. The number of benzene rings is 1. The van der Waals surface area contributed by atoms with Gasteiger partial charge in [0.05, 0.1) is 18.5 Å². The zero-order chi connectivity index (χ0) is 25.8. The molecule has 1 aliphatic heterocycles. The SMILES string of the molecule is COc1ccc(CNC(=O)c2ccc(CN3CCN(CC(F)(F)F)C(=O)C3)s2)c(OC(F)(F)F)c1. The molecule has 0 saturated carbocycles. The molecule has 0 spiro atoms. The van der Waals surface area contributed by atoms with E-state index in [9.17, 15) is 35.9 Å². The van der Waals surface area contributed by atoms with Crippen molar-refractivity contribution in [2.24, 2.45) is 0 Å². The van der Waals surface area contributed by atoms with Crippen molar-refractivity contribution in [3.63, 3.8) is 0 Å². The lowest BCUT2D eigenvalue weighted by molar-refractivity contribution is -0.274. The molecule has 0 unspecified atom stereocenters. The second-order valence-corrected chi connectivity index (χ2v) is 8.78. The summed E-state index contributed by atoms with van der Waals surface area (Å²) in [5, 5.41) is 2.53. The quantitative estimate of drug-likeness (QED) is 0.532. The molecule has 0 radical (unpaired) electrons. The van der Waals surface area contributed by atoms with E-state index in [4.69, 9.17) is 4.74 Å². The molecule has 1 fully saturated rings. The Balaban J connectivity index is 1.56. The Labute approximate surface area is 200 Å². The monoisotopic (exact) mass is 525 g/mol. The number of thiophene rings is 1. The van der Waals surface area contributed by atoms with Crippen LogP contribution >= 0.6 is 11.3 Å². The third-order valence-electron chi connectivity index (χ3n) is 4.97. The van der Waals surface area contributed by atoms with Gasteiger partial charge in [0.25, 0.3) is 5.91 Å². The van der Waals surface area contributed by atoms with Crippen LogP contribution in [0.1, 0.15) is 20.1 Å². The molecule has 35 heavy (non-hydrogen) atoms. The van der Waals surface area contributed by atoms with Gasteiger partial charge in [-0.05, 0) is 24.3 Å². The normalized spacial score (nSPS) is 15.3. The molecule has 1 saturated heterocycles. The second kappa shape index (κ2) is 10.7. The number of nitrogens with one attached hydrogen (secondary N) is 1. The largest absolute Gasteiger partial charge is 0.573 e. The smallest absolute Gasteiger partial charge is 0.497 e. The standard InChI is InChI=1S/C21H21F6N3O4S/c1-33-14-3-2-13(16(8-14)34-21(25,26)27)9-28-19(32)17-5-4-15(35-17)10-29-6-7-30(18(31)11-29)12-20(22,23)24/h2-5,8H,6-7,9-12H2,1H3,(H,28,32). The Morgan fingerprint density at radius 3 is 2.49 bits per heavy atom. The molecule has 192 valence electrons. The third-order valence-corrected chi connectivity index (χ3v) is 6.04. The van der Waals surface area contributed by atoms with Crippen molar-refractivity contribution in [2.75, 3.05) is 33.3 Å². The first kappa shape index (κ1) is 26.6. The Hall–Kier alpha value is -3.00. The maximum absolute atomic E-state index is 12.7. The average molecular weight is 525 g/mol. The van der Waals surface area contributed by atoms with Gasteiger partial charge < -0.3 is 19.7 Å². The maximum Gasteiger partial charge on any atom is 0.573 e. The molecule has 1 aliphatic rings. The highest BCUT2D eigenvalue weighted by Crippen LogP contribution is 2.30. The number of amides is 2. The molecule has 2 heterocycles. The number of carbonyl (C=O) groups excluding carboxylic acids is 2. The predicted molar refractivity (Wildman–Crippen MR) is 113 cm³/mol. The number of nitrogens with zero attached hydrogens (tertiary/aromatic N) is 2. The van der Waals surface area contributed by atoms with Crippen molar-refractivity contribution in [3.05, 3.63) is 45.6 Å². The fourth-order valence-corrected chi connectivity index (χ4v) is 4.34. The van der Waals surface area contributed by atoms with Gasteiger partial charge in [-0.2, -0.15) is 13.2 Å². The Morgan fingerprint density at radius 1 is 1.11 bits per heavy atom. The topological polar surface area (TPSA) is 71.1 Å². The minimum Gasteiger partial charge on any atom is -0.497 e. The molecular weight excluding hydrogens is 504 g/mol. The van der Waals surface area contributed by atoms with Crippen molar-refractivity contribution in [1.82, 2.24) is 15.1 Å². The highest BCUT2D eigenvalue weighted by atomic mass is 32.1. The van der Waals surface area contributed by atoms with Crippen molar-refractivity contribution >= 4 is 23.2 Å². The van der Waals surface area contributed by atoms with Crippen molar-refractivity contribution in [1.29, 1.82) is 0 Å². The van der Waals surface area contributed by atoms with E-state index in [0.717, 1.165) is 22.3 Å². The van der Waals surface area contributed by atoms with E-state index in [2.05, 4.69) is 10.1 Å². The lowest BCUT2D eigenvalue weighted by Crippen LogP contribution is -2.52. The molecular formula is C21H21F6N3O4S. The van der Waals surface area contributed by atoms with E-state index >= 15 is 0 Å². The van der Waals surface area contributed by atoms with Crippen molar-refractivity contribution in [3.8, 4) is 11.5 Å². The fourth-order valence-electron chi connectivity index (χ4n) is 3.37. The number of alkyl halides is 6. The van der Waals surface area contributed by atoms with Gasteiger partial charge in [-0.25, -0.2) is 0 Å². The molecule has 3 rings (SSSR count). The lowest BCUT2D eigenvalue weighted by atomic mass is 10.2. The summed E-state index contributed by atoms with van der Waals surface area (Å²) < 4.78 is 84.6. The van der Waals surface area contributed by atoms with Crippen LogP contribution in [0.2, 0.25) is 0 Å². The zero-order valence-corrected chi connectivity index (χ0v) is 19.1. The molecule has 14 heteroatoms. The summed E-state index contributed by atoms with van der Waals surface area (Å²) in [6.07, 6.45) is -9.38. The summed E-state index contributed by atoms with van der Waals surface area (Å²) >= 11 is 1.11. The Kier molecular flexibility index (Phi) is 8.15. The van der Waals surface area contributed by atoms with Gasteiger partial charge in [-0.3, -0.25) is 14.5 Å². The molecule has 7 nitrogen and oxygen atoms in total. The summed E-state index contributed by atoms with van der Waals surface area (Å²) in [6.45, 7) is -1.23. The number of rotatable bonds is 8. The molecule has 1 aromatic heterocycles. The van der Waals surface area contributed by atoms with Crippen LogP contribution in [0, 0.1) is 0 Å². The van der Waals surface area contributed by atoms with E-state index in [1.54, 1.807) is 11.0 Å². The van der Waals surface area contributed by atoms with E-state index in [-0.39, 0.29) is 48.9 Å². The second-order valence-electron chi connectivity index (χ2n) is 7.61. The summed E-state index contributed by atoms with van der Waals surface area (Å²) in [5.41, 5.74) is 0.0866. The summed E-state index contributed by atoms with van der Waals surface area (Å²) in [4.78, 5) is 27.9. The number of hydrogen-bond donors (Lipinski definition) is 1. The number of ether oxygens (including phenoxy) is 2. The van der Waals surface area contributed by atoms with Crippen LogP contribution in [0.3, 0.4) is 0 Å². The molecule has 0 bridgehead atoms. The van der Waals surface area contributed by atoms with Crippen molar-refractivity contribution < 1.29 is 45.4 Å². The first-order chi connectivity index (χ1) is 16.3. The molecule has 0 aliphatic carbocycles. The molecule has 1 aromatic carbocycles. The van der Waals surface area contributed by atoms with Gasteiger partial charge in [0.1, 0.15) is 18.0 Å². The average Bonchev–Trinajstić information content (AvgIpc) is 3.21. The van der Waals surface area contributed by atoms with Crippen LogP contribution in [0.25, 0.3) is 0 Å². The van der Waals surface area contributed by atoms with Gasteiger partial charge in [0.15, 0.2) is 0 Å². The van der Waals surface area contributed by atoms with Crippen LogP contribution in [0.4, 0.5) is 26.3 Å². The predicted octanol–water partition coefficient (Wildman–Crippen LogP) is 3.79. The van der Waals surface area contributed by atoms with Gasteiger partial charge in [-0.1, -0.05) is 0 Å². The number of piperazine rings is 1. The van der Waals surface area contributed by atoms with Crippen LogP contribution in [-0.2, 0) is 17.9 Å². The van der Waals surface area contributed by atoms with E-state index in [1.807, 2.05) is 0 Å². The van der Waals surface area contributed by atoms with Gasteiger partial charge in [0, 0.05) is 42.7 Å². The third kappa shape index (κ3) is 8.02.